The molecule has 3 heterocycles. The first kappa shape index (κ1) is 30.8. The number of rotatable bonds is 10. The third-order valence-electron chi connectivity index (χ3n) is 8.05. The van der Waals surface area contributed by atoms with E-state index < -0.39 is 0 Å². The minimum atomic E-state index is -0.355. The molecule has 0 spiro atoms. The number of aryl methyl sites for hydroxylation is 2. The van der Waals surface area contributed by atoms with Crippen molar-refractivity contribution < 1.29 is 18.7 Å². The largest absolute Gasteiger partial charge is 0.497 e. The van der Waals surface area contributed by atoms with Crippen LogP contribution in [0.4, 0.5) is 0 Å². The van der Waals surface area contributed by atoms with Crippen LogP contribution in [0.3, 0.4) is 0 Å². The minimum Gasteiger partial charge on any atom is -0.497 e. The lowest BCUT2D eigenvalue weighted by atomic mass is 9.97. The molecule has 2 aromatic heterocycles. The zero-order valence-corrected chi connectivity index (χ0v) is 26.9. The van der Waals surface area contributed by atoms with Crippen molar-refractivity contribution in [3.8, 4) is 11.4 Å². The summed E-state index contributed by atoms with van der Waals surface area (Å²) in [6.45, 7) is 6.22. The molecule has 5 aromatic rings. The van der Waals surface area contributed by atoms with Gasteiger partial charge in [0.15, 0.2) is 16.7 Å². The van der Waals surface area contributed by atoms with E-state index in [1.54, 1.807) is 24.3 Å². The number of hydrogen-bond donors (Lipinski definition) is 1. The molecule has 0 radical (unpaired) electrons. The van der Waals surface area contributed by atoms with Crippen molar-refractivity contribution >= 4 is 29.3 Å². The zero-order valence-electron chi connectivity index (χ0n) is 26.1. The molecular formula is C35H34N6O4S. The SMILES string of the molecule is COc1ccc(C2=NN(C(=O)CSc3nnc(CNC(=O)c4ccco4)n3-c3cccc(C)c3C)C(c3ccc(C)cc3)C2)cc1. The molecule has 46 heavy (non-hydrogen) atoms. The molecular weight excluding hydrogens is 600 g/mol. The third-order valence-corrected chi connectivity index (χ3v) is 8.96. The normalized spacial score (nSPS) is 14.3. The van der Waals surface area contributed by atoms with Crippen molar-refractivity contribution in [2.75, 3.05) is 12.9 Å². The lowest BCUT2D eigenvalue weighted by Gasteiger charge is -2.22. The van der Waals surface area contributed by atoms with Gasteiger partial charge in [0.25, 0.3) is 11.8 Å². The van der Waals surface area contributed by atoms with E-state index in [9.17, 15) is 9.59 Å². The van der Waals surface area contributed by atoms with E-state index in [2.05, 4.69) is 39.8 Å². The lowest BCUT2D eigenvalue weighted by molar-refractivity contribution is -0.130. The molecule has 1 N–H and O–H groups in total. The average Bonchev–Trinajstić information content (AvgIpc) is 3.85. The van der Waals surface area contributed by atoms with Crippen molar-refractivity contribution in [2.24, 2.45) is 5.10 Å². The van der Waals surface area contributed by atoms with Gasteiger partial charge in [0.2, 0.25) is 0 Å². The number of methoxy groups -OCH3 is 1. The van der Waals surface area contributed by atoms with Gasteiger partial charge >= 0.3 is 0 Å². The van der Waals surface area contributed by atoms with E-state index in [4.69, 9.17) is 14.3 Å². The molecule has 0 saturated carbocycles. The number of hydrazone groups is 1. The number of nitrogens with one attached hydrogen (secondary N) is 1. The monoisotopic (exact) mass is 634 g/mol. The van der Waals surface area contributed by atoms with Crippen LogP contribution in [0.1, 0.15) is 56.7 Å². The fraction of sp³-hybridized carbons (Fsp3) is 0.229. The van der Waals surface area contributed by atoms with Crippen LogP contribution in [0.2, 0.25) is 0 Å². The molecule has 1 unspecified atom stereocenters. The van der Waals surface area contributed by atoms with E-state index in [1.165, 1.54) is 18.0 Å². The Labute approximate surface area is 271 Å². The van der Waals surface area contributed by atoms with Gasteiger partial charge in [-0.15, -0.1) is 10.2 Å². The molecule has 234 valence electrons. The summed E-state index contributed by atoms with van der Waals surface area (Å²) in [4.78, 5) is 26.5. The first-order valence-electron chi connectivity index (χ1n) is 14.9. The van der Waals surface area contributed by atoms with Crippen molar-refractivity contribution in [1.82, 2.24) is 25.1 Å². The second kappa shape index (κ2) is 13.5. The highest BCUT2D eigenvalue weighted by molar-refractivity contribution is 7.99. The Morgan fingerprint density at radius 2 is 1.76 bits per heavy atom. The van der Waals surface area contributed by atoms with E-state index in [-0.39, 0.29) is 35.9 Å². The van der Waals surface area contributed by atoms with Gasteiger partial charge in [-0.1, -0.05) is 53.7 Å². The van der Waals surface area contributed by atoms with Crippen LogP contribution in [-0.4, -0.2) is 50.2 Å². The molecule has 10 nitrogen and oxygen atoms in total. The van der Waals surface area contributed by atoms with Crippen molar-refractivity contribution in [2.45, 2.75) is 44.9 Å². The van der Waals surface area contributed by atoms with E-state index in [0.717, 1.165) is 45.0 Å². The first-order valence-corrected chi connectivity index (χ1v) is 15.9. The summed E-state index contributed by atoms with van der Waals surface area (Å²) in [5, 5.41) is 18.7. The molecule has 11 heteroatoms. The van der Waals surface area contributed by atoms with Crippen LogP contribution < -0.4 is 10.1 Å². The number of carbonyl (C=O) groups is 2. The van der Waals surface area contributed by atoms with Crippen LogP contribution in [0.25, 0.3) is 5.69 Å². The predicted octanol–water partition coefficient (Wildman–Crippen LogP) is 6.19. The Morgan fingerprint density at radius 1 is 0.978 bits per heavy atom. The molecule has 6 rings (SSSR count). The highest BCUT2D eigenvalue weighted by Crippen LogP contribution is 2.35. The molecule has 2 amide bonds. The summed E-state index contributed by atoms with van der Waals surface area (Å²) in [6.07, 6.45) is 2.04. The molecule has 1 atom stereocenters. The molecule has 0 bridgehead atoms. The van der Waals surface area contributed by atoms with Gasteiger partial charge in [0.05, 0.1) is 43.1 Å². The van der Waals surface area contributed by atoms with Crippen LogP contribution in [-0.2, 0) is 11.3 Å². The second-order valence-electron chi connectivity index (χ2n) is 11.0. The van der Waals surface area contributed by atoms with Crippen LogP contribution in [0.5, 0.6) is 5.75 Å². The maximum atomic E-state index is 13.9. The van der Waals surface area contributed by atoms with Crippen molar-refractivity contribution in [3.63, 3.8) is 0 Å². The predicted molar refractivity (Wildman–Crippen MR) is 176 cm³/mol. The summed E-state index contributed by atoms with van der Waals surface area (Å²) in [5.74, 6) is 1.08. The molecule has 0 aliphatic carbocycles. The van der Waals surface area contributed by atoms with Crippen molar-refractivity contribution in [1.29, 1.82) is 0 Å². The maximum absolute atomic E-state index is 13.9. The number of benzene rings is 3. The summed E-state index contributed by atoms with van der Waals surface area (Å²) < 4.78 is 12.4. The molecule has 1 aliphatic rings. The number of amides is 2. The van der Waals surface area contributed by atoms with Gasteiger partial charge in [-0.05, 0) is 85.5 Å². The van der Waals surface area contributed by atoms with E-state index in [1.807, 2.05) is 67.8 Å². The topological polar surface area (TPSA) is 115 Å². The van der Waals surface area contributed by atoms with Crippen LogP contribution >= 0.6 is 11.8 Å². The third kappa shape index (κ3) is 6.45. The minimum absolute atomic E-state index is 0.0868. The Hall–Kier alpha value is -5.16. The smallest absolute Gasteiger partial charge is 0.287 e. The molecule has 0 fully saturated rings. The van der Waals surface area contributed by atoms with Gasteiger partial charge in [0, 0.05) is 6.42 Å². The summed E-state index contributed by atoms with van der Waals surface area (Å²) in [7, 11) is 1.63. The van der Waals surface area contributed by atoms with Gasteiger partial charge in [-0.3, -0.25) is 14.2 Å². The van der Waals surface area contributed by atoms with Gasteiger partial charge in [-0.2, -0.15) is 5.10 Å². The Bertz CT molecular complexity index is 1880. The standard InChI is InChI=1S/C35H34N6O4S/c1-22-10-12-26(13-11-22)30-19-28(25-14-16-27(44-4)17-15-25)39-41(30)33(42)21-46-35-38-37-32(20-36-34(43)31-9-6-18-45-31)40(35)29-8-5-7-23(2)24(29)3/h5-18,30H,19-21H2,1-4H3,(H,36,43). The lowest BCUT2D eigenvalue weighted by Crippen LogP contribution is -2.28. The Balaban J connectivity index is 1.27. The number of furan rings is 1. The average molecular weight is 635 g/mol. The molecule has 1 aliphatic heterocycles. The highest BCUT2D eigenvalue weighted by Gasteiger charge is 2.33. The van der Waals surface area contributed by atoms with Gasteiger partial charge < -0.3 is 14.5 Å². The number of aromatic nitrogens is 3. The Morgan fingerprint density at radius 3 is 2.48 bits per heavy atom. The number of ether oxygens (including phenoxy) is 1. The molecule has 0 saturated heterocycles. The van der Waals surface area contributed by atoms with E-state index >= 15 is 0 Å². The number of carbonyl (C=O) groups excluding carboxylic acids is 2. The fourth-order valence-electron chi connectivity index (χ4n) is 5.32. The van der Waals surface area contributed by atoms with Crippen LogP contribution in [0.15, 0.2) is 99.8 Å². The number of thioether (sulfide) groups is 1. The fourth-order valence-corrected chi connectivity index (χ4v) is 6.14. The zero-order chi connectivity index (χ0) is 32.2. The summed E-state index contributed by atoms with van der Waals surface area (Å²) >= 11 is 1.29. The summed E-state index contributed by atoms with van der Waals surface area (Å²) in [5.41, 5.74) is 6.96. The van der Waals surface area contributed by atoms with Crippen LogP contribution in [0, 0.1) is 20.8 Å². The summed E-state index contributed by atoms with van der Waals surface area (Å²) in [6, 6.07) is 24.9. The van der Waals surface area contributed by atoms with Crippen molar-refractivity contribution in [3.05, 3.63) is 125 Å². The van der Waals surface area contributed by atoms with Gasteiger partial charge in [0.1, 0.15) is 5.75 Å². The highest BCUT2D eigenvalue weighted by atomic mass is 32.2. The van der Waals surface area contributed by atoms with Gasteiger partial charge in [-0.25, -0.2) is 5.01 Å². The van der Waals surface area contributed by atoms with E-state index in [0.29, 0.717) is 17.4 Å². The molecule has 3 aromatic carbocycles. The quantitative estimate of drug-likeness (QED) is 0.182. The Kier molecular flexibility index (Phi) is 9.02. The first-order chi connectivity index (χ1) is 22.3. The number of hydrogen-bond acceptors (Lipinski definition) is 8. The second-order valence-corrected chi connectivity index (χ2v) is 12.0. The number of nitrogens with zero attached hydrogens (tertiary/aromatic N) is 5. The maximum Gasteiger partial charge on any atom is 0.287 e.